The van der Waals surface area contributed by atoms with E-state index in [0.29, 0.717) is 12.2 Å². The summed E-state index contributed by atoms with van der Waals surface area (Å²) in [6.07, 6.45) is 0.666. The SMILES string of the molecule is Cc1nc2ccc(C3OC3C)cc2[nH]1. The fourth-order valence-corrected chi connectivity index (χ4v) is 1.87. The first-order valence-corrected chi connectivity index (χ1v) is 4.86. The number of hydrogen-bond acceptors (Lipinski definition) is 2. The van der Waals surface area contributed by atoms with E-state index in [1.165, 1.54) is 5.56 Å². The molecule has 1 fully saturated rings. The van der Waals surface area contributed by atoms with Crippen LogP contribution in [0.15, 0.2) is 18.2 Å². The molecule has 0 amide bonds. The van der Waals surface area contributed by atoms with Crippen LogP contribution in [0.25, 0.3) is 11.0 Å². The van der Waals surface area contributed by atoms with Gasteiger partial charge in [-0.25, -0.2) is 4.98 Å². The number of aromatic amines is 1. The average molecular weight is 188 g/mol. The highest BCUT2D eigenvalue weighted by Crippen LogP contribution is 2.38. The molecule has 0 spiro atoms. The van der Waals surface area contributed by atoms with Crippen LogP contribution in [-0.2, 0) is 4.74 Å². The zero-order valence-corrected chi connectivity index (χ0v) is 8.24. The van der Waals surface area contributed by atoms with E-state index >= 15 is 0 Å². The molecule has 2 heterocycles. The van der Waals surface area contributed by atoms with Gasteiger partial charge in [-0.3, -0.25) is 0 Å². The van der Waals surface area contributed by atoms with Crippen LogP contribution in [0.4, 0.5) is 0 Å². The number of fused-ring (bicyclic) bond motifs is 1. The summed E-state index contributed by atoms with van der Waals surface area (Å²) in [5, 5.41) is 0. The maximum atomic E-state index is 5.42. The molecule has 1 saturated heterocycles. The highest BCUT2D eigenvalue weighted by atomic mass is 16.6. The average Bonchev–Trinajstić information content (AvgIpc) is 2.76. The number of imidazole rings is 1. The molecule has 1 aliphatic rings. The molecule has 0 radical (unpaired) electrons. The minimum Gasteiger partial charge on any atom is -0.365 e. The van der Waals surface area contributed by atoms with Gasteiger partial charge in [0, 0.05) is 0 Å². The lowest BCUT2D eigenvalue weighted by Gasteiger charge is -1.94. The third-order valence-corrected chi connectivity index (χ3v) is 2.66. The van der Waals surface area contributed by atoms with Crippen LogP contribution < -0.4 is 0 Å². The van der Waals surface area contributed by atoms with E-state index in [2.05, 4.69) is 29.0 Å². The molecule has 72 valence electrons. The molecule has 0 saturated carbocycles. The van der Waals surface area contributed by atoms with Gasteiger partial charge in [-0.05, 0) is 31.5 Å². The molecule has 14 heavy (non-hydrogen) atoms. The van der Waals surface area contributed by atoms with Crippen LogP contribution in [0.1, 0.15) is 24.4 Å². The van der Waals surface area contributed by atoms with E-state index in [4.69, 9.17) is 4.74 Å². The zero-order chi connectivity index (χ0) is 9.71. The van der Waals surface area contributed by atoms with Crippen molar-refractivity contribution in [3.63, 3.8) is 0 Å². The van der Waals surface area contributed by atoms with Crippen LogP contribution in [0.2, 0.25) is 0 Å². The summed E-state index contributed by atoms with van der Waals surface area (Å²) in [4.78, 5) is 7.59. The van der Waals surface area contributed by atoms with E-state index in [-0.39, 0.29) is 0 Å². The second-order valence-electron chi connectivity index (χ2n) is 3.86. The normalized spacial score (nSPS) is 25.6. The lowest BCUT2D eigenvalue weighted by molar-refractivity contribution is 0.383. The number of epoxide rings is 1. The van der Waals surface area contributed by atoms with Crippen molar-refractivity contribution < 1.29 is 4.74 Å². The Morgan fingerprint density at radius 1 is 1.43 bits per heavy atom. The monoisotopic (exact) mass is 188 g/mol. The third kappa shape index (κ3) is 1.13. The van der Waals surface area contributed by atoms with E-state index in [9.17, 15) is 0 Å². The van der Waals surface area contributed by atoms with Crippen LogP contribution in [-0.4, -0.2) is 16.1 Å². The van der Waals surface area contributed by atoms with Crippen molar-refractivity contribution >= 4 is 11.0 Å². The van der Waals surface area contributed by atoms with Gasteiger partial charge in [0.15, 0.2) is 0 Å². The van der Waals surface area contributed by atoms with Gasteiger partial charge < -0.3 is 9.72 Å². The second-order valence-corrected chi connectivity index (χ2v) is 3.86. The van der Waals surface area contributed by atoms with Crippen molar-refractivity contribution in [3.8, 4) is 0 Å². The van der Waals surface area contributed by atoms with Crippen molar-refractivity contribution in [2.24, 2.45) is 0 Å². The van der Waals surface area contributed by atoms with Gasteiger partial charge in [0.05, 0.1) is 17.1 Å². The number of rotatable bonds is 1. The standard InChI is InChI=1S/C11H12N2O/c1-6-11(14-6)8-3-4-9-10(5-8)13-7(2)12-9/h3-6,11H,1-2H3,(H,12,13). The molecule has 1 aromatic heterocycles. The van der Waals surface area contributed by atoms with Gasteiger partial charge in [0.1, 0.15) is 11.9 Å². The summed E-state index contributed by atoms with van der Waals surface area (Å²) >= 11 is 0. The Labute approximate surface area is 82.1 Å². The topological polar surface area (TPSA) is 41.2 Å². The number of nitrogens with zero attached hydrogens (tertiary/aromatic N) is 1. The van der Waals surface area contributed by atoms with E-state index in [1.54, 1.807) is 0 Å². The van der Waals surface area contributed by atoms with Gasteiger partial charge in [-0.1, -0.05) is 6.07 Å². The van der Waals surface area contributed by atoms with Crippen LogP contribution in [0, 0.1) is 6.92 Å². The van der Waals surface area contributed by atoms with Crippen molar-refractivity contribution in [1.29, 1.82) is 0 Å². The highest BCUT2D eigenvalue weighted by Gasteiger charge is 2.35. The predicted octanol–water partition coefficient (Wildman–Crippen LogP) is 2.33. The number of benzene rings is 1. The number of H-pyrrole nitrogens is 1. The number of aryl methyl sites for hydroxylation is 1. The van der Waals surface area contributed by atoms with Crippen molar-refractivity contribution in [1.82, 2.24) is 9.97 Å². The van der Waals surface area contributed by atoms with Crippen LogP contribution in [0.3, 0.4) is 0 Å². The Morgan fingerprint density at radius 3 is 2.93 bits per heavy atom. The van der Waals surface area contributed by atoms with Crippen molar-refractivity contribution in [2.75, 3.05) is 0 Å². The maximum absolute atomic E-state index is 5.42. The summed E-state index contributed by atoms with van der Waals surface area (Å²) in [7, 11) is 0. The first kappa shape index (κ1) is 8.00. The lowest BCUT2D eigenvalue weighted by Crippen LogP contribution is -1.83. The Hall–Kier alpha value is -1.35. The molecular formula is C11H12N2O. The molecule has 2 unspecified atom stereocenters. The molecule has 3 rings (SSSR count). The minimum absolute atomic E-state index is 0.294. The second kappa shape index (κ2) is 2.58. The largest absolute Gasteiger partial charge is 0.365 e. The van der Waals surface area contributed by atoms with Crippen LogP contribution in [0.5, 0.6) is 0 Å². The Kier molecular flexibility index (Phi) is 1.47. The number of nitrogens with one attached hydrogen (secondary N) is 1. The van der Waals surface area contributed by atoms with Crippen LogP contribution >= 0.6 is 0 Å². The Bertz CT molecular complexity index is 489. The van der Waals surface area contributed by atoms with Gasteiger partial charge in [0.2, 0.25) is 0 Å². The molecule has 0 aliphatic carbocycles. The summed E-state index contributed by atoms with van der Waals surface area (Å²) in [5.41, 5.74) is 3.37. The molecule has 1 aliphatic heterocycles. The van der Waals surface area contributed by atoms with E-state index in [1.807, 2.05) is 13.0 Å². The van der Waals surface area contributed by atoms with Gasteiger partial charge >= 0.3 is 0 Å². The molecule has 1 N–H and O–H groups in total. The van der Waals surface area contributed by atoms with Gasteiger partial charge in [-0.15, -0.1) is 0 Å². The van der Waals surface area contributed by atoms with E-state index < -0.39 is 0 Å². The molecule has 3 heteroatoms. The summed E-state index contributed by atoms with van der Waals surface area (Å²) in [5.74, 6) is 0.960. The predicted molar refractivity (Wildman–Crippen MR) is 54.1 cm³/mol. The summed E-state index contributed by atoms with van der Waals surface area (Å²) in [6, 6.07) is 6.27. The first-order valence-electron chi connectivity index (χ1n) is 4.86. The zero-order valence-electron chi connectivity index (χ0n) is 8.24. The lowest BCUT2D eigenvalue weighted by atomic mass is 10.1. The van der Waals surface area contributed by atoms with Crippen molar-refractivity contribution in [3.05, 3.63) is 29.6 Å². The number of aromatic nitrogens is 2. The smallest absolute Gasteiger partial charge is 0.109 e. The third-order valence-electron chi connectivity index (χ3n) is 2.66. The summed E-state index contributed by atoms with van der Waals surface area (Å²) in [6.45, 7) is 4.06. The fraction of sp³-hybridized carbons (Fsp3) is 0.364. The molecule has 1 aromatic carbocycles. The molecule has 3 nitrogen and oxygen atoms in total. The molecule has 2 atom stereocenters. The first-order chi connectivity index (χ1) is 6.74. The van der Waals surface area contributed by atoms with Crippen molar-refractivity contribution in [2.45, 2.75) is 26.1 Å². The quantitative estimate of drug-likeness (QED) is 0.698. The highest BCUT2D eigenvalue weighted by molar-refractivity contribution is 5.76. The van der Waals surface area contributed by atoms with Gasteiger partial charge in [-0.2, -0.15) is 0 Å². The minimum atomic E-state index is 0.294. The Morgan fingerprint density at radius 2 is 2.21 bits per heavy atom. The molecule has 0 bridgehead atoms. The summed E-state index contributed by atoms with van der Waals surface area (Å²) < 4.78 is 5.42. The number of hydrogen-bond donors (Lipinski definition) is 1. The van der Waals surface area contributed by atoms with E-state index in [0.717, 1.165) is 16.9 Å². The van der Waals surface area contributed by atoms with Gasteiger partial charge in [0.25, 0.3) is 0 Å². The maximum Gasteiger partial charge on any atom is 0.109 e. The fourth-order valence-electron chi connectivity index (χ4n) is 1.87. The number of ether oxygens (including phenoxy) is 1. The molecular weight excluding hydrogens is 176 g/mol. The Balaban J connectivity index is 2.10. The molecule has 2 aromatic rings.